The van der Waals surface area contributed by atoms with Gasteiger partial charge in [-0.3, -0.25) is 5.32 Å². The Balaban J connectivity index is 2.17. The molecule has 13 heavy (non-hydrogen) atoms. The van der Waals surface area contributed by atoms with Crippen molar-refractivity contribution in [2.24, 2.45) is 0 Å². The second-order valence-corrected chi connectivity index (χ2v) is 4.24. The number of para-hydroxylation sites is 1. The molecule has 2 heterocycles. The molecule has 2 atom stereocenters. The van der Waals surface area contributed by atoms with E-state index < -0.39 is 0 Å². The van der Waals surface area contributed by atoms with E-state index in [1.54, 1.807) is 0 Å². The van der Waals surface area contributed by atoms with Gasteiger partial charge in [0.25, 0.3) is 0 Å². The largest absolute Gasteiger partial charge is 0.369 e. The number of nitrogens with one attached hydrogen (secondary N) is 2. The van der Waals surface area contributed by atoms with E-state index in [2.05, 4.69) is 41.8 Å². The Bertz CT molecular complexity index is 348. The lowest BCUT2D eigenvalue weighted by Crippen LogP contribution is -2.38. The van der Waals surface area contributed by atoms with Gasteiger partial charge in [0.1, 0.15) is 0 Å². The van der Waals surface area contributed by atoms with Crippen LogP contribution in [0.1, 0.15) is 18.9 Å². The number of hydrogen-bond donors (Lipinski definition) is 2. The lowest BCUT2D eigenvalue weighted by Gasteiger charge is -2.23. The van der Waals surface area contributed by atoms with Crippen molar-refractivity contribution in [3.8, 4) is 0 Å². The van der Waals surface area contributed by atoms with Crippen molar-refractivity contribution in [1.82, 2.24) is 5.32 Å². The molecule has 2 N–H and O–H groups in total. The molecule has 2 nitrogen and oxygen atoms in total. The minimum absolute atomic E-state index is 0.316. The number of hydrogen-bond acceptors (Lipinski definition) is 2. The molecule has 1 saturated heterocycles. The van der Waals surface area contributed by atoms with Gasteiger partial charge in [0.15, 0.2) is 0 Å². The van der Waals surface area contributed by atoms with Crippen LogP contribution in [-0.2, 0) is 5.41 Å². The molecule has 2 heteroatoms. The predicted molar refractivity (Wildman–Crippen MR) is 53.8 cm³/mol. The highest BCUT2D eigenvalue weighted by atomic mass is 15.2. The minimum atomic E-state index is 0.316. The number of fused-ring (bicyclic) bond motifs is 3. The Kier molecular flexibility index (Phi) is 1.29. The molecule has 0 saturated carbocycles. The van der Waals surface area contributed by atoms with Crippen LogP contribution in [0.4, 0.5) is 5.69 Å². The molecule has 0 amide bonds. The molecule has 3 rings (SSSR count). The SMILES string of the molecule is CC12CCNC1Nc1ccccc12. The summed E-state index contributed by atoms with van der Waals surface area (Å²) in [6.45, 7) is 3.47. The van der Waals surface area contributed by atoms with Crippen molar-refractivity contribution in [3.63, 3.8) is 0 Å². The molecule has 68 valence electrons. The quantitative estimate of drug-likeness (QED) is 0.625. The lowest BCUT2D eigenvalue weighted by atomic mass is 9.82. The van der Waals surface area contributed by atoms with E-state index in [1.807, 2.05) is 0 Å². The maximum atomic E-state index is 3.53. The zero-order valence-electron chi connectivity index (χ0n) is 7.80. The molecule has 1 aromatic carbocycles. The third kappa shape index (κ3) is 0.814. The lowest BCUT2D eigenvalue weighted by molar-refractivity contribution is 0.463. The molecule has 1 fully saturated rings. The minimum Gasteiger partial charge on any atom is -0.369 e. The van der Waals surface area contributed by atoms with Crippen LogP contribution in [0.15, 0.2) is 24.3 Å². The highest BCUT2D eigenvalue weighted by Crippen LogP contribution is 2.44. The first-order valence-corrected chi connectivity index (χ1v) is 4.90. The maximum absolute atomic E-state index is 3.53. The summed E-state index contributed by atoms with van der Waals surface area (Å²) in [6, 6.07) is 8.64. The van der Waals surface area contributed by atoms with Crippen LogP contribution in [0.3, 0.4) is 0 Å². The van der Waals surface area contributed by atoms with E-state index in [9.17, 15) is 0 Å². The molecular formula is C11H14N2. The summed E-state index contributed by atoms with van der Waals surface area (Å²) >= 11 is 0. The molecule has 1 aromatic rings. The molecule has 2 aliphatic heterocycles. The van der Waals surface area contributed by atoms with E-state index in [4.69, 9.17) is 0 Å². The van der Waals surface area contributed by atoms with Crippen molar-refractivity contribution in [3.05, 3.63) is 29.8 Å². The van der Waals surface area contributed by atoms with Crippen LogP contribution in [0.25, 0.3) is 0 Å². The van der Waals surface area contributed by atoms with Crippen molar-refractivity contribution >= 4 is 5.69 Å². The summed E-state index contributed by atoms with van der Waals surface area (Å²) in [6.07, 6.45) is 1.69. The topological polar surface area (TPSA) is 24.1 Å². The third-order valence-electron chi connectivity index (χ3n) is 3.47. The fraction of sp³-hybridized carbons (Fsp3) is 0.455. The van der Waals surface area contributed by atoms with Gasteiger partial charge in [-0.25, -0.2) is 0 Å². The molecule has 0 radical (unpaired) electrons. The summed E-state index contributed by atoms with van der Waals surface area (Å²) in [4.78, 5) is 0. The Morgan fingerprint density at radius 3 is 3.15 bits per heavy atom. The molecule has 0 bridgehead atoms. The van der Waals surface area contributed by atoms with Gasteiger partial charge in [-0.1, -0.05) is 25.1 Å². The maximum Gasteiger partial charge on any atom is 0.0865 e. The summed E-state index contributed by atoms with van der Waals surface area (Å²) < 4.78 is 0. The van der Waals surface area contributed by atoms with Gasteiger partial charge < -0.3 is 5.32 Å². The van der Waals surface area contributed by atoms with Crippen LogP contribution < -0.4 is 10.6 Å². The summed E-state index contributed by atoms with van der Waals surface area (Å²) in [7, 11) is 0. The molecule has 2 aliphatic rings. The van der Waals surface area contributed by atoms with Crippen molar-refractivity contribution < 1.29 is 0 Å². The van der Waals surface area contributed by atoms with E-state index >= 15 is 0 Å². The second kappa shape index (κ2) is 2.26. The van der Waals surface area contributed by atoms with Gasteiger partial charge in [0, 0.05) is 11.1 Å². The second-order valence-electron chi connectivity index (χ2n) is 4.24. The summed E-state index contributed by atoms with van der Waals surface area (Å²) in [5.74, 6) is 0. The highest BCUT2D eigenvalue weighted by Gasteiger charge is 2.45. The molecule has 0 spiro atoms. The Labute approximate surface area is 78.3 Å². The number of benzene rings is 1. The number of rotatable bonds is 0. The fourth-order valence-corrected chi connectivity index (χ4v) is 2.61. The van der Waals surface area contributed by atoms with Gasteiger partial charge >= 0.3 is 0 Å². The van der Waals surface area contributed by atoms with E-state index in [0.29, 0.717) is 11.6 Å². The van der Waals surface area contributed by atoms with E-state index in [-0.39, 0.29) is 0 Å². The van der Waals surface area contributed by atoms with Crippen molar-refractivity contribution in [2.75, 3.05) is 11.9 Å². The van der Waals surface area contributed by atoms with Crippen molar-refractivity contribution in [2.45, 2.75) is 24.9 Å². The Morgan fingerprint density at radius 1 is 1.38 bits per heavy atom. The zero-order valence-corrected chi connectivity index (χ0v) is 7.80. The molecule has 0 aromatic heterocycles. The smallest absolute Gasteiger partial charge is 0.0865 e. The molecular weight excluding hydrogens is 160 g/mol. The van der Waals surface area contributed by atoms with Crippen LogP contribution in [0, 0.1) is 0 Å². The standard InChI is InChI=1S/C11H14N2/c1-11-6-7-12-10(11)13-9-5-3-2-4-8(9)11/h2-5,10,12-13H,6-7H2,1H3. The van der Waals surface area contributed by atoms with Crippen LogP contribution in [0.5, 0.6) is 0 Å². The normalized spacial score (nSPS) is 35.3. The molecule has 2 unspecified atom stereocenters. The van der Waals surface area contributed by atoms with Gasteiger partial charge in [-0.15, -0.1) is 0 Å². The Morgan fingerprint density at radius 2 is 2.23 bits per heavy atom. The first-order chi connectivity index (χ1) is 6.31. The van der Waals surface area contributed by atoms with Crippen LogP contribution >= 0.6 is 0 Å². The average molecular weight is 174 g/mol. The Hall–Kier alpha value is -1.02. The van der Waals surface area contributed by atoms with Gasteiger partial charge in [0.2, 0.25) is 0 Å². The van der Waals surface area contributed by atoms with Gasteiger partial charge in [-0.05, 0) is 24.6 Å². The first kappa shape index (κ1) is 7.39. The van der Waals surface area contributed by atoms with Crippen molar-refractivity contribution in [1.29, 1.82) is 0 Å². The third-order valence-corrected chi connectivity index (χ3v) is 3.47. The van der Waals surface area contributed by atoms with Crippen LogP contribution in [-0.4, -0.2) is 12.7 Å². The van der Waals surface area contributed by atoms with Gasteiger partial charge in [-0.2, -0.15) is 0 Å². The average Bonchev–Trinajstić information content (AvgIpc) is 2.60. The van der Waals surface area contributed by atoms with E-state index in [0.717, 1.165) is 6.54 Å². The summed E-state index contributed by atoms with van der Waals surface area (Å²) in [5, 5.41) is 7.02. The monoisotopic (exact) mass is 174 g/mol. The fourth-order valence-electron chi connectivity index (χ4n) is 2.61. The predicted octanol–water partition coefficient (Wildman–Crippen LogP) is 1.69. The first-order valence-electron chi connectivity index (χ1n) is 4.90. The molecule has 0 aliphatic carbocycles. The van der Waals surface area contributed by atoms with Crippen LogP contribution in [0.2, 0.25) is 0 Å². The summed E-state index contributed by atoms with van der Waals surface area (Å²) in [5.41, 5.74) is 3.10. The highest BCUT2D eigenvalue weighted by molar-refractivity contribution is 5.62. The van der Waals surface area contributed by atoms with Gasteiger partial charge in [0.05, 0.1) is 6.17 Å². The number of anilines is 1. The van der Waals surface area contributed by atoms with E-state index in [1.165, 1.54) is 17.7 Å². The zero-order chi connectivity index (χ0) is 8.89.